The summed E-state index contributed by atoms with van der Waals surface area (Å²) in [5, 5.41) is 9.73. The van der Waals surface area contributed by atoms with Gasteiger partial charge in [0.05, 0.1) is 15.2 Å². The molecular weight excluding hydrogens is 358 g/mol. The molecular formula is C21H19N3O2S. The van der Waals surface area contributed by atoms with Crippen LogP contribution in [-0.2, 0) is 0 Å². The van der Waals surface area contributed by atoms with Crippen LogP contribution < -0.4 is 4.74 Å². The number of carbonyl (C=O) groups is 1. The highest BCUT2D eigenvalue weighted by Gasteiger charge is 2.26. The lowest BCUT2D eigenvalue weighted by Crippen LogP contribution is -2.37. The zero-order chi connectivity index (χ0) is 18.6. The van der Waals surface area contributed by atoms with Crippen LogP contribution in [0.15, 0.2) is 48.5 Å². The molecule has 1 fully saturated rings. The molecule has 27 heavy (non-hydrogen) atoms. The highest BCUT2D eigenvalue weighted by atomic mass is 32.1. The van der Waals surface area contributed by atoms with Crippen LogP contribution in [0.5, 0.6) is 5.75 Å². The van der Waals surface area contributed by atoms with Crippen LogP contribution >= 0.6 is 11.3 Å². The van der Waals surface area contributed by atoms with Gasteiger partial charge in [0.15, 0.2) is 6.61 Å². The van der Waals surface area contributed by atoms with E-state index >= 15 is 0 Å². The largest absolute Gasteiger partial charge is 0.479 e. The molecule has 6 heteroatoms. The molecule has 1 amide bonds. The smallest absolute Gasteiger partial charge is 0.253 e. The number of amides is 1. The summed E-state index contributed by atoms with van der Waals surface area (Å²) >= 11 is 1.77. The molecule has 0 saturated carbocycles. The molecule has 0 bridgehead atoms. The maximum atomic E-state index is 12.7. The molecule has 1 aliphatic heterocycles. The molecule has 136 valence electrons. The number of piperidine rings is 1. The van der Waals surface area contributed by atoms with Gasteiger partial charge < -0.3 is 9.64 Å². The van der Waals surface area contributed by atoms with Crippen LogP contribution in [0.2, 0.25) is 0 Å². The third-order valence-electron chi connectivity index (χ3n) is 4.85. The molecule has 1 saturated heterocycles. The van der Waals surface area contributed by atoms with E-state index in [0.29, 0.717) is 17.2 Å². The first-order valence-corrected chi connectivity index (χ1v) is 9.81. The number of carbonyl (C=O) groups excluding carboxylic acids is 1. The van der Waals surface area contributed by atoms with E-state index in [9.17, 15) is 4.79 Å². The number of hydrogen-bond acceptors (Lipinski definition) is 5. The van der Waals surface area contributed by atoms with Crippen molar-refractivity contribution >= 4 is 27.5 Å². The van der Waals surface area contributed by atoms with Gasteiger partial charge in [-0.2, -0.15) is 5.26 Å². The SMILES string of the molecule is N#CCOc1ccc(C(=O)N2CCC(c3nc4ccccc4s3)CC2)cc1. The van der Waals surface area contributed by atoms with Crippen molar-refractivity contribution in [2.45, 2.75) is 18.8 Å². The molecule has 4 rings (SSSR count). The monoisotopic (exact) mass is 377 g/mol. The average Bonchev–Trinajstić information content (AvgIpc) is 3.16. The maximum absolute atomic E-state index is 12.7. The number of nitriles is 1. The molecule has 0 unspecified atom stereocenters. The standard InChI is InChI=1S/C21H19N3O2S/c22-11-14-26-17-7-5-16(6-8-17)21(25)24-12-9-15(10-13-24)20-23-18-3-1-2-4-19(18)27-20/h1-8,15H,9-10,12-14H2. The third kappa shape index (κ3) is 3.79. The summed E-state index contributed by atoms with van der Waals surface area (Å²) in [4.78, 5) is 19.4. The number of ether oxygens (including phenoxy) is 1. The number of nitrogens with zero attached hydrogens (tertiary/aromatic N) is 3. The quantitative estimate of drug-likeness (QED) is 0.683. The van der Waals surface area contributed by atoms with E-state index in [1.165, 1.54) is 9.71 Å². The van der Waals surface area contributed by atoms with Crippen molar-refractivity contribution in [3.05, 3.63) is 59.1 Å². The van der Waals surface area contributed by atoms with E-state index in [4.69, 9.17) is 15.0 Å². The number of para-hydroxylation sites is 1. The normalized spacial score (nSPS) is 14.9. The van der Waals surface area contributed by atoms with Crippen molar-refractivity contribution in [3.8, 4) is 11.8 Å². The molecule has 0 N–H and O–H groups in total. The molecule has 1 aromatic heterocycles. The Labute approximate surface area is 161 Å². The Hall–Kier alpha value is -2.91. The van der Waals surface area contributed by atoms with Crippen LogP contribution in [0, 0.1) is 11.3 Å². The molecule has 0 aliphatic carbocycles. The summed E-state index contributed by atoms with van der Waals surface area (Å²) in [6.45, 7) is 1.49. The number of fused-ring (bicyclic) bond motifs is 1. The van der Waals surface area contributed by atoms with Crippen molar-refractivity contribution in [2.24, 2.45) is 0 Å². The predicted molar refractivity (Wildman–Crippen MR) is 105 cm³/mol. The van der Waals surface area contributed by atoms with E-state index in [2.05, 4.69) is 12.1 Å². The molecule has 0 spiro atoms. The maximum Gasteiger partial charge on any atom is 0.253 e. The van der Waals surface area contributed by atoms with Crippen LogP contribution in [0.4, 0.5) is 0 Å². The zero-order valence-corrected chi connectivity index (χ0v) is 15.6. The summed E-state index contributed by atoms with van der Waals surface area (Å²) < 4.78 is 6.46. The number of hydrogen-bond donors (Lipinski definition) is 0. The number of likely N-dealkylation sites (tertiary alicyclic amines) is 1. The summed E-state index contributed by atoms with van der Waals surface area (Å²) in [7, 11) is 0. The fourth-order valence-electron chi connectivity index (χ4n) is 3.39. The van der Waals surface area contributed by atoms with E-state index in [-0.39, 0.29) is 12.5 Å². The lowest BCUT2D eigenvalue weighted by atomic mass is 9.97. The molecule has 0 atom stereocenters. The van der Waals surface area contributed by atoms with Gasteiger partial charge in [-0.25, -0.2) is 4.98 Å². The van der Waals surface area contributed by atoms with Gasteiger partial charge in [-0.05, 0) is 49.2 Å². The Morgan fingerprint density at radius 3 is 2.63 bits per heavy atom. The number of rotatable bonds is 4. The van der Waals surface area contributed by atoms with Crippen molar-refractivity contribution in [1.29, 1.82) is 5.26 Å². The van der Waals surface area contributed by atoms with Gasteiger partial charge in [0.1, 0.15) is 11.8 Å². The Balaban J connectivity index is 1.38. The molecule has 5 nitrogen and oxygen atoms in total. The minimum Gasteiger partial charge on any atom is -0.479 e. The fraction of sp³-hybridized carbons (Fsp3) is 0.286. The van der Waals surface area contributed by atoms with Gasteiger partial charge in [-0.1, -0.05) is 12.1 Å². The summed E-state index contributed by atoms with van der Waals surface area (Å²) in [5.74, 6) is 1.07. The molecule has 2 heterocycles. The van der Waals surface area contributed by atoms with E-state index in [0.717, 1.165) is 31.4 Å². The lowest BCUT2D eigenvalue weighted by Gasteiger charge is -2.31. The van der Waals surface area contributed by atoms with Crippen LogP contribution in [0.25, 0.3) is 10.2 Å². The van der Waals surface area contributed by atoms with Gasteiger partial charge in [0.25, 0.3) is 5.91 Å². The first-order valence-electron chi connectivity index (χ1n) is 8.99. The summed E-state index contributed by atoms with van der Waals surface area (Å²) in [6, 6.07) is 17.1. The zero-order valence-electron chi connectivity index (χ0n) is 14.8. The second kappa shape index (κ2) is 7.77. The minimum absolute atomic E-state index is 0.00652. The van der Waals surface area contributed by atoms with E-state index in [1.54, 1.807) is 35.6 Å². The molecule has 1 aliphatic rings. The Morgan fingerprint density at radius 1 is 1.19 bits per heavy atom. The van der Waals surface area contributed by atoms with Crippen molar-refractivity contribution in [3.63, 3.8) is 0 Å². The molecule has 3 aromatic rings. The fourth-order valence-corrected chi connectivity index (χ4v) is 4.52. The van der Waals surface area contributed by atoms with Gasteiger partial charge in [-0.3, -0.25) is 4.79 Å². The van der Waals surface area contributed by atoms with Crippen molar-refractivity contribution in [2.75, 3.05) is 19.7 Å². The first kappa shape index (κ1) is 17.5. The summed E-state index contributed by atoms with van der Waals surface area (Å²) in [6.07, 6.45) is 1.88. The number of aromatic nitrogens is 1. The van der Waals surface area contributed by atoms with Crippen LogP contribution in [0.3, 0.4) is 0 Å². The van der Waals surface area contributed by atoms with Crippen LogP contribution in [-0.4, -0.2) is 35.5 Å². The predicted octanol–water partition coefficient (Wildman–Crippen LogP) is 4.22. The minimum atomic E-state index is 0.00652. The number of benzene rings is 2. The Morgan fingerprint density at radius 2 is 1.93 bits per heavy atom. The Bertz CT molecular complexity index is 950. The van der Waals surface area contributed by atoms with E-state index < -0.39 is 0 Å². The van der Waals surface area contributed by atoms with E-state index in [1.807, 2.05) is 23.1 Å². The topological polar surface area (TPSA) is 66.2 Å². The average molecular weight is 377 g/mol. The van der Waals surface area contributed by atoms with Crippen molar-refractivity contribution in [1.82, 2.24) is 9.88 Å². The third-order valence-corrected chi connectivity index (χ3v) is 6.05. The highest BCUT2D eigenvalue weighted by molar-refractivity contribution is 7.18. The van der Waals surface area contributed by atoms with Crippen molar-refractivity contribution < 1.29 is 9.53 Å². The highest BCUT2D eigenvalue weighted by Crippen LogP contribution is 2.34. The molecule has 2 aromatic carbocycles. The summed E-state index contributed by atoms with van der Waals surface area (Å²) in [5.41, 5.74) is 1.72. The van der Waals surface area contributed by atoms with Crippen LogP contribution in [0.1, 0.15) is 34.1 Å². The molecule has 0 radical (unpaired) electrons. The number of thiazole rings is 1. The first-order chi connectivity index (χ1) is 13.2. The second-order valence-corrected chi connectivity index (χ2v) is 7.62. The van der Waals surface area contributed by atoms with Gasteiger partial charge in [0.2, 0.25) is 0 Å². The lowest BCUT2D eigenvalue weighted by molar-refractivity contribution is 0.0713. The van der Waals surface area contributed by atoms with Gasteiger partial charge in [0, 0.05) is 24.6 Å². The van der Waals surface area contributed by atoms with Gasteiger partial charge in [-0.15, -0.1) is 11.3 Å². The second-order valence-electron chi connectivity index (χ2n) is 6.56. The Kier molecular flexibility index (Phi) is 5.03. The van der Waals surface area contributed by atoms with Gasteiger partial charge >= 0.3 is 0 Å².